The lowest BCUT2D eigenvalue weighted by atomic mass is 9.89. The van der Waals surface area contributed by atoms with Gasteiger partial charge >= 0.3 is 0 Å². The highest BCUT2D eigenvalue weighted by Crippen LogP contribution is 2.29. The number of ketones is 1. The number of Topliss-reactive ketones (excluding diaryl/α,β-unsaturated/α-hetero) is 1. The summed E-state index contributed by atoms with van der Waals surface area (Å²) in [5, 5.41) is 15.0. The molecule has 0 heterocycles. The maximum Gasteiger partial charge on any atom is 0.252 e. The van der Waals surface area contributed by atoms with Crippen molar-refractivity contribution in [3.63, 3.8) is 0 Å². The van der Waals surface area contributed by atoms with E-state index in [-0.39, 0.29) is 35.3 Å². The van der Waals surface area contributed by atoms with E-state index in [1.165, 1.54) is 162 Å². The molecule has 102 heavy (non-hydrogen) atoms. The SMILES string of the molecule is O=C(CCc1ccc2c(c1)CCCC2)c1ccc(C(=O)NCc2ccc3c(c2)CCCC3)cc1.O=C(NCc1ccc2c(c1)CCCC2)c1cccc(C(=O)NCc2ccc3c(c2)CCCC3)c1.O=C(NCc1ccc2c(c1)CCCC2)c1ccccc1C(=O)NCc1ccc2c(c1)CCCC2. The zero-order chi connectivity index (χ0) is 70.0. The maximum atomic E-state index is 13.0. The van der Waals surface area contributed by atoms with Crippen molar-refractivity contribution in [2.24, 2.45) is 0 Å². The second-order valence-corrected chi connectivity index (χ2v) is 28.9. The van der Waals surface area contributed by atoms with Crippen LogP contribution in [0.25, 0.3) is 0 Å². The van der Waals surface area contributed by atoms with Gasteiger partial charge in [-0.3, -0.25) is 28.8 Å². The van der Waals surface area contributed by atoms with Crippen LogP contribution in [-0.4, -0.2) is 35.3 Å². The van der Waals surface area contributed by atoms with E-state index in [9.17, 15) is 28.8 Å². The number of carbonyl (C=O) groups is 6. The van der Waals surface area contributed by atoms with Crippen LogP contribution >= 0.6 is 0 Å². The third-order valence-corrected chi connectivity index (χ3v) is 21.7. The van der Waals surface area contributed by atoms with Crippen molar-refractivity contribution < 1.29 is 28.8 Å². The molecule has 15 rings (SSSR count). The number of carbonyl (C=O) groups excluding carboxylic acids is 6. The summed E-state index contributed by atoms with van der Waals surface area (Å²) in [6, 6.07) is 60.4. The summed E-state index contributed by atoms with van der Waals surface area (Å²) in [5.74, 6) is -0.761. The summed E-state index contributed by atoms with van der Waals surface area (Å²) in [6.07, 6.45) is 30.1. The van der Waals surface area contributed by atoms with Crippen LogP contribution in [0, 0.1) is 0 Å². The Bertz CT molecular complexity index is 4250. The number of amides is 5. The molecule has 5 N–H and O–H groups in total. The zero-order valence-electron chi connectivity index (χ0n) is 59.2. The van der Waals surface area contributed by atoms with Gasteiger partial charge in [-0.05, 0) is 303 Å². The van der Waals surface area contributed by atoms with Crippen LogP contribution < -0.4 is 26.6 Å². The minimum absolute atomic E-state index is 0.106. The van der Waals surface area contributed by atoms with Crippen LogP contribution in [0.2, 0.25) is 0 Å². The van der Waals surface area contributed by atoms with Crippen molar-refractivity contribution >= 4 is 35.3 Å². The fourth-order valence-electron chi connectivity index (χ4n) is 15.7. The first-order chi connectivity index (χ1) is 50.0. The van der Waals surface area contributed by atoms with Gasteiger partial charge in [-0.15, -0.1) is 0 Å². The van der Waals surface area contributed by atoms with Gasteiger partial charge in [-0.1, -0.05) is 140 Å². The summed E-state index contributed by atoms with van der Waals surface area (Å²) in [6.45, 7) is 2.41. The molecule has 0 saturated heterocycles. The number of fused-ring (bicyclic) bond motifs is 6. The van der Waals surface area contributed by atoms with Gasteiger partial charge < -0.3 is 26.6 Å². The largest absolute Gasteiger partial charge is 0.348 e. The minimum atomic E-state index is -0.225. The number of hydrogen-bond acceptors (Lipinski definition) is 6. The summed E-state index contributed by atoms with van der Waals surface area (Å²) in [4.78, 5) is 76.8. The molecule has 5 amide bonds. The number of aryl methyl sites for hydroxylation is 13. The summed E-state index contributed by atoms with van der Waals surface area (Å²) < 4.78 is 0. The van der Waals surface area contributed by atoms with E-state index in [4.69, 9.17) is 0 Å². The molecule has 11 nitrogen and oxygen atoms in total. The molecule has 522 valence electrons. The second-order valence-electron chi connectivity index (χ2n) is 28.9. The van der Waals surface area contributed by atoms with Gasteiger partial charge in [0, 0.05) is 61.4 Å². The molecule has 0 aliphatic heterocycles. The van der Waals surface area contributed by atoms with Gasteiger partial charge in [-0.2, -0.15) is 0 Å². The Morgan fingerprint density at radius 3 is 0.794 bits per heavy atom. The molecule has 6 aliphatic rings. The molecule has 0 fully saturated rings. The predicted molar refractivity (Wildman–Crippen MR) is 406 cm³/mol. The van der Waals surface area contributed by atoms with Crippen molar-refractivity contribution in [2.45, 2.75) is 200 Å². The molecule has 9 aromatic carbocycles. The molecule has 0 saturated carbocycles. The van der Waals surface area contributed by atoms with E-state index in [1.54, 1.807) is 72.8 Å². The van der Waals surface area contributed by atoms with Gasteiger partial charge in [0.2, 0.25) is 0 Å². The Labute approximate surface area is 602 Å². The zero-order valence-corrected chi connectivity index (χ0v) is 59.2. The molecule has 0 atom stereocenters. The van der Waals surface area contributed by atoms with E-state index < -0.39 is 0 Å². The van der Waals surface area contributed by atoms with Crippen molar-refractivity contribution in [3.8, 4) is 0 Å². The molecule has 0 bridgehead atoms. The maximum absolute atomic E-state index is 13.0. The van der Waals surface area contributed by atoms with Crippen LogP contribution in [0.1, 0.15) is 246 Å². The first-order valence-electron chi connectivity index (χ1n) is 37.9. The van der Waals surface area contributed by atoms with Crippen LogP contribution in [0.15, 0.2) is 182 Å². The normalized spacial score (nSPS) is 14.6. The molecular formula is C91H97N5O6. The Kier molecular flexibility index (Phi) is 23.9. The summed E-state index contributed by atoms with van der Waals surface area (Å²) in [5.41, 5.74) is 27.1. The highest BCUT2D eigenvalue weighted by molar-refractivity contribution is 6.07. The average Bonchev–Trinajstić information content (AvgIpc) is 0.852. The molecule has 9 aromatic rings. The van der Waals surface area contributed by atoms with Gasteiger partial charge in [0.25, 0.3) is 29.5 Å². The first-order valence-corrected chi connectivity index (χ1v) is 37.9. The first kappa shape index (κ1) is 70.4. The van der Waals surface area contributed by atoms with Gasteiger partial charge in [-0.25, -0.2) is 0 Å². The molecule has 0 aromatic heterocycles. The monoisotopic (exact) mass is 1360 g/mol. The van der Waals surface area contributed by atoms with Gasteiger partial charge in [0.1, 0.15) is 0 Å². The van der Waals surface area contributed by atoms with Crippen molar-refractivity contribution in [1.29, 1.82) is 0 Å². The van der Waals surface area contributed by atoms with Crippen molar-refractivity contribution in [1.82, 2.24) is 26.6 Å². The van der Waals surface area contributed by atoms with E-state index in [1.807, 2.05) is 0 Å². The lowest BCUT2D eigenvalue weighted by Gasteiger charge is -2.17. The van der Waals surface area contributed by atoms with Crippen LogP contribution in [-0.2, 0) is 116 Å². The fraction of sp³-hybridized carbons (Fsp3) is 0.341. The van der Waals surface area contributed by atoms with Gasteiger partial charge in [0.05, 0.1) is 11.1 Å². The van der Waals surface area contributed by atoms with Crippen LogP contribution in [0.5, 0.6) is 0 Å². The molecule has 0 radical (unpaired) electrons. The highest BCUT2D eigenvalue weighted by Gasteiger charge is 2.21. The number of hydrogen-bond donors (Lipinski definition) is 5. The Morgan fingerprint density at radius 1 is 0.225 bits per heavy atom. The predicted octanol–water partition coefficient (Wildman–Crippen LogP) is 16.8. The van der Waals surface area contributed by atoms with Crippen LogP contribution in [0.3, 0.4) is 0 Å². The van der Waals surface area contributed by atoms with E-state index in [0.717, 1.165) is 98.4 Å². The highest BCUT2D eigenvalue weighted by atomic mass is 16.2. The fourth-order valence-corrected chi connectivity index (χ4v) is 15.7. The molecular weight excluding hydrogens is 1260 g/mol. The van der Waals surface area contributed by atoms with E-state index in [0.29, 0.717) is 72.5 Å². The number of benzene rings is 9. The number of rotatable bonds is 19. The van der Waals surface area contributed by atoms with Crippen molar-refractivity contribution in [3.05, 3.63) is 316 Å². The summed E-state index contributed by atoms with van der Waals surface area (Å²) >= 11 is 0. The van der Waals surface area contributed by atoms with Crippen molar-refractivity contribution in [2.75, 3.05) is 0 Å². The average molecular weight is 1360 g/mol. The van der Waals surface area contributed by atoms with E-state index >= 15 is 0 Å². The molecule has 0 spiro atoms. The number of nitrogens with one attached hydrogen (secondary N) is 5. The molecule has 0 unspecified atom stereocenters. The standard InChI is InChI=1S/C31H33NO2.2C30H32N2O2/c33-30(18-11-22-9-12-24-5-1-3-7-28(24)19-22)26-14-16-27(17-15-26)31(34)32-21-23-10-13-25-6-2-4-8-29(25)20-23;33-29(31-19-21-13-15-23-7-1-3-9-25(23)17-21)27-11-5-6-12-28(27)30(34)32-20-22-14-16-24-8-2-4-10-26(24)18-22;33-29(31-19-21-12-14-23-6-1-3-8-25(23)16-21)27-10-5-11-28(18-27)30(34)32-20-22-13-15-24-7-2-4-9-26(24)17-22/h9-10,12-17,19-20H,1-8,11,18,21H2,(H,32,34);5-6,11-18H,1-4,7-10,19-20H2,(H,31,33)(H,32,34);5,10-18H,1-4,6-9,19-20H2,(H,31,33)(H,32,34). The lowest BCUT2D eigenvalue weighted by Crippen LogP contribution is -2.29. The third kappa shape index (κ3) is 18.7. The molecule has 6 aliphatic carbocycles. The Balaban J connectivity index is 0.000000137. The molecule has 11 heteroatoms. The third-order valence-electron chi connectivity index (χ3n) is 21.7. The second kappa shape index (κ2) is 34.6. The lowest BCUT2D eigenvalue weighted by molar-refractivity contribution is 0.0916. The minimum Gasteiger partial charge on any atom is -0.348 e. The van der Waals surface area contributed by atoms with Gasteiger partial charge in [0.15, 0.2) is 5.78 Å². The smallest absolute Gasteiger partial charge is 0.252 e. The quantitative estimate of drug-likeness (QED) is 0.0506. The van der Waals surface area contributed by atoms with E-state index in [2.05, 4.69) is 136 Å². The Hall–Kier alpha value is -10.0. The summed E-state index contributed by atoms with van der Waals surface area (Å²) in [7, 11) is 0. The Morgan fingerprint density at radius 2 is 0.480 bits per heavy atom. The topological polar surface area (TPSA) is 163 Å². The van der Waals surface area contributed by atoms with Crippen LogP contribution in [0.4, 0.5) is 0 Å².